The highest BCUT2D eigenvalue weighted by atomic mass is 16.5. The van der Waals surface area contributed by atoms with E-state index in [1.165, 1.54) is 0 Å². The minimum Gasteiger partial charge on any atom is -0.383 e. The monoisotopic (exact) mass is 342 g/mol. The number of hydrogen-bond acceptors (Lipinski definition) is 5. The smallest absolute Gasteiger partial charge is 0.270 e. The van der Waals surface area contributed by atoms with Crippen LogP contribution in [0.3, 0.4) is 0 Å². The summed E-state index contributed by atoms with van der Waals surface area (Å²) in [6.45, 7) is 9.19. The molecule has 0 atom stereocenters. The lowest BCUT2D eigenvalue weighted by Gasteiger charge is -2.23. The summed E-state index contributed by atoms with van der Waals surface area (Å²) in [7, 11) is 1.59. The molecule has 0 bridgehead atoms. The number of anilines is 2. The largest absolute Gasteiger partial charge is 0.383 e. The van der Waals surface area contributed by atoms with Crippen molar-refractivity contribution in [2.24, 2.45) is 0 Å². The molecule has 0 fully saturated rings. The topological polar surface area (TPSA) is 76.1 Å². The molecule has 0 aliphatic rings. The molecule has 0 unspecified atom stereocenters. The fourth-order valence-corrected chi connectivity index (χ4v) is 2.46. The summed E-state index contributed by atoms with van der Waals surface area (Å²) < 4.78 is 4.94. The van der Waals surface area contributed by atoms with E-state index in [-0.39, 0.29) is 11.3 Å². The van der Waals surface area contributed by atoms with Gasteiger partial charge in [-0.2, -0.15) is 0 Å². The van der Waals surface area contributed by atoms with Gasteiger partial charge < -0.3 is 15.4 Å². The molecule has 1 amide bonds. The standard InChI is InChI=1S/C19H26N4O2/c1-13-12-16(17(24)20-10-11-25-5)23-18(21-13)22-15-9-7-6-8-14(15)19(2,3)4/h6-9,12H,10-11H2,1-5H3,(H,20,24)(H,21,22,23). The van der Waals surface area contributed by atoms with Gasteiger partial charge in [0.1, 0.15) is 5.69 Å². The van der Waals surface area contributed by atoms with E-state index in [4.69, 9.17) is 4.74 Å². The fourth-order valence-electron chi connectivity index (χ4n) is 2.46. The number of nitrogens with zero attached hydrogens (tertiary/aromatic N) is 2. The Labute approximate surface area is 149 Å². The first-order chi connectivity index (χ1) is 11.8. The maximum Gasteiger partial charge on any atom is 0.270 e. The van der Waals surface area contributed by atoms with Crippen molar-refractivity contribution in [3.8, 4) is 0 Å². The van der Waals surface area contributed by atoms with Gasteiger partial charge in [-0.05, 0) is 30.0 Å². The minimum absolute atomic E-state index is 0.0201. The van der Waals surface area contributed by atoms with Crippen molar-refractivity contribution >= 4 is 17.5 Å². The van der Waals surface area contributed by atoms with Crippen LogP contribution in [0.1, 0.15) is 42.5 Å². The number of rotatable bonds is 6. The molecule has 6 heteroatoms. The molecular formula is C19H26N4O2. The molecule has 25 heavy (non-hydrogen) atoms. The number of methoxy groups -OCH3 is 1. The van der Waals surface area contributed by atoms with Crippen molar-refractivity contribution in [2.75, 3.05) is 25.6 Å². The lowest BCUT2D eigenvalue weighted by atomic mass is 9.86. The number of ether oxygens (including phenoxy) is 1. The Balaban J connectivity index is 2.25. The Morgan fingerprint density at radius 1 is 1.20 bits per heavy atom. The van der Waals surface area contributed by atoms with Gasteiger partial charge in [0.05, 0.1) is 6.61 Å². The van der Waals surface area contributed by atoms with Crippen LogP contribution in [0, 0.1) is 6.92 Å². The van der Waals surface area contributed by atoms with Crippen LogP contribution in [0.25, 0.3) is 0 Å². The van der Waals surface area contributed by atoms with Gasteiger partial charge in [-0.25, -0.2) is 9.97 Å². The Hall–Kier alpha value is -2.47. The van der Waals surface area contributed by atoms with Gasteiger partial charge in [0.25, 0.3) is 5.91 Å². The number of benzene rings is 1. The molecule has 0 radical (unpaired) electrons. The zero-order chi connectivity index (χ0) is 18.4. The van der Waals surface area contributed by atoms with Crippen LogP contribution in [-0.2, 0) is 10.2 Å². The van der Waals surface area contributed by atoms with Gasteiger partial charge in [0.2, 0.25) is 5.95 Å². The number of aromatic nitrogens is 2. The summed E-state index contributed by atoms with van der Waals surface area (Å²) in [6, 6.07) is 9.72. The van der Waals surface area contributed by atoms with Gasteiger partial charge >= 0.3 is 0 Å². The summed E-state index contributed by atoms with van der Waals surface area (Å²) in [4.78, 5) is 21.0. The van der Waals surface area contributed by atoms with Crippen molar-refractivity contribution in [1.82, 2.24) is 15.3 Å². The minimum atomic E-state index is -0.241. The molecule has 6 nitrogen and oxygen atoms in total. The number of para-hydroxylation sites is 1. The number of amides is 1. The Morgan fingerprint density at radius 3 is 2.60 bits per heavy atom. The third kappa shape index (κ3) is 5.26. The molecular weight excluding hydrogens is 316 g/mol. The molecule has 2 aromatic rings. The molecule has 0 saturated heterocycles. The van der Waals surface area contributed by atoms with E-state index in [1.54, 1.807) is 13.2 Å². The quantitative estimate of drug-likeness (QED) is 0.789. The summed E-state index contributed by atoms with van der Waals surface area (Å²) in [5.74, 6) is 0.170. The van der Waals surface area contributed by atoms with Gasteiger partial charge in [-0.3, -0.25) is 4.79 Å². The predicted molar refractivity (Wildman–Crippen MR) is 99.4 cm³/mol. The van der Waals surface area contributed by atoms with E-state index in [1.807, 2.05) is 25.1 Å². The number of carbonyl (C=O) groups excluding carboxylic acids is 1. The molecule has 1 aromatic carbocycles. The molecule has 1 aromatic heterocycles. The first-order valence-electron chi connectivity index (χ1n) is 8.30. The second kappa shape index (κ2) is 8.07. The van der Waals surface area contributed by atoms with E-state index in [9.17, 15) is 4.79 Å². The van der Waals surface area contributed by atoms with E-state index in [0.29, 0.717) is 24.8 Å². The highest BCUT2D eigenvalue weighted by Gasteiger charge is 2.18. The van der Waals surface area contributed by atoms with E-state index < -0.39 is 0 Å². The van der Waals surface area contributed by atoms with Crippen molar-refractivity contribution in [1.29, 1.82) is 0 Å². The maximum absolute atomic E-state index is 12.2. The number of aryl methyl sites for hydroxylation is 1. The van der Waals surface area contributed by atoms with Crippen LogP contribution >= 0.6 is 0 Å². The molecule has 0 aliphatic heterocycles. The Morgan fingerprint density at radius 2 is 1.92 bits per heavy atom. The molecule has 2 N–H and O–H groups in total. The second-order valence-corrected chi connectivity index (χ2v) is 6.89. The van der Waals surface area contributed by atoms with Crippen LogP contribution in [0.15, 0.2) is 30.3 Å². The van der Waals surface area contributed by atoms with Gasteiger partial charge in [-0.15, -0.1) is 0 Å². The van der Waals surface area contributed by atoms with Crippen molar-refractivity contribution in [3.05, 3.63) is 47.3 Å². The summed E-state index contributed by atoms with van der Waals surface area (Å²) >= 11 is 0. The lowest BCUT2D eigenvalue weighted by Crippen LogP contribution is -2.28. The third-order valence-electron chi connectivity index (χ3n) is 3.66. The predicted octanol–water partition coefficient (Wildman–Crippen LogP) is 3.20. The zero-order valence-electron chi connectivity index (χ0n) is 15.5. The van der Waals surface area contributed by atoms with Crippen LogP contribution in [0.2, 0.25) is 0 Å². The third-order valence-corrected chi connectivity index (χ3v) is 3.66. The van der Waals surface area contributed by atoms with Crippen LogP contribution < -0.4 is 10.6 Å². The first-order valence-corrected chi connectivity index (χ1v) is 8.30. The Bertz CT molecular complexity index is 738. The normalized spacial score (nSPS) is 11.2. The molecule has 1 heterocycles. The Kier molecular flexibility index (Phi) is 6.09. The average molecular weight is 342 g/mol. The average Bonchev–Trinajstić information content (AvgIpc) is 2.54. The van der Waals surface area contributed by atoms with E-state index in [0.717, 1.165) is 16.9 Å². The SMILES string of the molecule is COCCNC(=O)c1cc(C)nc(Nc2ccccc2C(C)(C)C)n1. The highest BCUT2D eigenvalue weighted by Crippen LogP contribution is 2.30. The molecule has 0 spiro atoms. The fraction of sp³-hybridized carbons (Fsp3) is 0.421. The number of nitrogens with one attached hydrogen (secondary N) is 2. The zero-order valence-corrected chi connectivity index (χ0v) is 15.5. The van der Waals surface area contributed by atoms with Crippen molar-refractivity contribution in [3.63, 3.8) is 0 Å². The van der Waals surface area contributed by atoms with Gasteiger partial charge in [-0.1, -0.05) is 39.0 Å². The number of hydrogen-bond donors (Lipinski definition) is 2. The maximum atomic E-state index is 12.2. The van der Waals surface area contributed by atoms with Crippen LogP contribution in [-0.4, -0.2) is 36.1 Å². The lowest BCUT2D eigenvalue weighted by molar-refractivity contribution is 0.0932. The van der Waals surface area contributed by atoms with Crippen LogP contribution in [0.5, 0.6) is 0 Å². The molecule has 0 aliphatic carbocycles. The first kappa shape index (κ1) is 18.9. The van der Waals surface area contributed by atoms with Crippen molar-refractivity contribution < 1.29 is 9.53 Å². The summed E-state index contributed by atoms with van der Waals surface area (Å²) in [6.07, 6.45) is 0. The van der Waals surface area contributed by atoms with E-state index in [2.05, 4.69) is 47.4 Å². The molecule has 134 valence electrons. The van der Waals surface area contributed by atoms with Gasteiger partial charge in [0, 0.05) is 25.0 Å². The van der Waals surface area contributed by atoms with Crippen LogP contribution in [0.4, 0.5) is 11.6 Å². The number of carbonyl (C=O) groups is 1. The summed E-state index contributed by atoms with van der Waals surface area (Å²) in [5.41, 5.74) is 3.13. The van der Waals surface area contributed by atoms with Gasteiger partial charge in [0.15, 0.2) is 0 Å². The highest BCUT2D eigenvalue weighted by molar-refractivity contribution is 5.92. The molecule has 2 rings (SSSR count). The summed E-state index contributed by atoms with van der Waals surface area (Å²) in [5, 5.41) is 6.03. The van der Waals surface area contributed by atoms with E-state index >= 15 is 0 Å². The molecule has 0 saturated carbocycles. The second-order valence-electron chi connectivity index (χ2n) is 6.89. The van der Waals surface area contributed by atoms with Crippen molar-refractivity contribution in [2.45, 2.75) is 33.1 Å².